The molecule has 2 heteroatoms. The van der Waals surface area contributed by atoms with Crippen LogP contribution in [-0.2, 0) is 6.61 Å². The summed E-state index contributed by atoms with van der Waals surface area (Å²) < 4.78 is 5.21. The van der Waals surface area contributed by atoms with Crippen LogP contribution in [0.5, 0.6) is 5.75 Å². The van der Waals surface area contributed by atoms with Crippen molar-refractivity contribution in [2.24, 2.45) is 5.41 Å². The Morgan fingerprint density at radius 1 is 1.33 bits per heavy atom. The van der Waals surface area contributed by atoms with Gasteiger partial charge in [-0.05, 0) is 35.1 Å². The Kier molecular flexibility index (Phi) is 3.58. The van der Waals surface area contributed by atoms with Crippen LogP contribution >= 0.6 is 0 Å². The highest BCUT2D eigenvalue weighted by atomic mass is 16.5. The molecule has 1 aliphatic carbocycles. The van der Waals surface area contributed by atoms with Crippen LogP contribution < -0.4 is 4.74 Å². The maximum Gasteiger partial charge on any atom is 0.124 e. The van der Waals surface area contributed by atoms with Gasteiger partial charge in [-0.15, -0.1) is 0 Å². The Balaban J connectivity index is 2.31. The van der Waals surface area contributed by atoms with Gasteiger partial charge in [-0.25, -0.2) is 0 Å². The summed E-state index contributed by atoms with van der Waals surface area (Å²) >= 11 is 0. The van der Waals surface area contributed by atoms with Crippen molar-refractivity contribution < 1.29 is 9.84 Å². The highest BCUT2D eigenvalue weighted by Crippen LogP contribution is 2.33. The number of methoxy groups -OCH3 is 1. The molecule has 18 heavy (non-hydrogen) atoms. The first kappa shape index (κ1) is 12.9. The van der Waals surface area contributed by atoms with Crippen LogP contribution in [0.4, 0.5) is 0 Å². The number of allylic oxidation sites excluding steroid dienone is 4. The van der Waals surface area contributed by atoms with Crippen molar-refractivity contribution in [1.29, 1.82) is 0 Å². The fourth-order valence-electron chi connectivity index (χ4n) is 2.12. The number of rotatable bonds is 3. The summed E-state index contributed by atoms with van der Waals surface area (Å²) in [6, 6.07) is 5.94. The van der Waals surface area contributed by atoms with Crippen molar-refractivity contribution in [3.63, 3.8) is 0 Å². The van der Waals surface area contributed by atoms with E-state index in [9.17, 15) is 5.11 Å². The first-order chi connectivity index (χ1) is 8.55. The second kappa shape index (κ2) is 4.99. The zero-order chi connectivity index (χ0) is 13.2. The van der Waals surface area contributed by atoms with E-state index < -0.39 is 0 Å². The number of hydrogen-bond acceptors (Lipinski definition) is 2. The molecule has 1 N–H and O–H groups in total. The van der Waals surface area contributed by atoms with Gasteiger partial charge in [0, 0.05) is 5.56 Å². The summed E-state index contributed by atoms with van der Waals surface area (Å²) in [5.41, 5.74) is 3.42. The van der Waals surface area contributed by atoms with Gasteiger partial charge in [0.15, 0.2) is 0 Å². The number of benzene rings is 1. The van der Waals surface area contributed by atoms with Gasteiger partial charge >= 0.3 is 0 Å². The second-order valence-electron chi connectivity index (χ2n) is 5.37. The van der Waals surface area contributed by atoms with E-state index in [2.05, 4.69) is 32.1 Å². The van der Waals surface area contributed by atoms with E-state index in [-0.39, 0.29) is 12.0 Å². The van der Waals surface area contributed by atoms with Crippen LogP contribution in [0, 0.1) is 5.41 Å². The van der Waals surface area contributed by atoms with Crippen LogP contribution in [0.15, 0.2) is 36.4 Å². The van der Waals surface area contributed by atoms with Crippen LogP contribution in [0.3, 0.4) is 0 Å². The van der Waals surface area contributed by atoms with Gasteiger partial charge < -0.3 is 9.84 Å². The maximum atomic E-state index is 9.34. The fraction of sp³-hybridized carbons (Fsp3) is 0.375. The molecule has 0 unspecified atom stereocenters. The van der Waals surface area contributed by atoms with Gasteiger partial charge in [-0.2, -0.15) is 0 Å². The molecule has 0 fully saturated rings. The lowest BCUT2D eigenvalue weighted by Gasteiger charge is -2.23. The molecule has 0 aromatic heterocycles. The molecule has 1 aromatic rings. The first-order valence-corrected chi connectivity index (χ1v) is 6.23. The molecular formula is C16H20O2. The van der Waals surface area contributed by atoms with Crippen molar-refractivity contribution in [1.82, 2.24) is 0 Å². The van der Waals surface area contributed by atoms with Crippen molar-refractivity contribution in [3.8, 4) is 5.75 Å². The predicted octanol–water partition coefficient (Wildman–Crippen LogP) is 3.56. The Morgan fingerprint density at radius 3 is 2.67 bits per heavy atom. The van der Waals surface area contributed by atoms with E-state index in [0.29, 0.717) is 0 Å². The van der Waals surface area contributed by atoms with Crippen molar-refractivity contribution >= 4 is 5.57 Å². The van der Waals surface area contributed by atoms with Gasteiger partial charge in [0.05, 0.1) is 13.7 Å². The van der Waals surface area contributed by atoms with E-state index in [1.165, 1.54) is 5.57 Å². The van der Waals surface area contributed by atoms with E-state index in [0.717, 1.165) is 23.3 Å². The minimum absolute atomic E-state index is 0.000495. The molecule has 1 aromatic carbocycles. The average Bonchev–Trinajstić information content (AvgIpc) is 2.38. The molecule has 0 heterocycles. The molecule has 0 aliphatic heterocycles. The van der Waals surface area contributed by atoms with E-state index in [1.807, 2.05) is 18.2 Å². The monoisotopic (exact) mass is 244 g/mol. The van der Waals surface area contributed by atoms with Gasteiger partial charge in [-0.1, -0.05) is 38.1 Å². The van der Waals surface area contributed by atoms with Gasteiger partial charge in [0.2, 0.25) is 0 Å². The lowest BCUT2D eigenvalue weighted by atomic mass is 9.82. The summed E-state index contributed by atoms with van der Waals surface area (Å²) in [5, 5.41) is 9.34. The number of hydrogen-bond donors (Lipinski definition) is 1. The Hall–Kier alpha value is -1.54. The van der Waals surface area contributed by atoms with Crippen LogP contribution in [0.25, 0.3) is 5.57 Å². The number of aliphatic hydroxyl groups excluding tert-OH is 1. The lowest BCUT2D eigenvalue weighted by molar-refractivity contribution is 0.273. The smallest absolute Gasteiger partial charge is 0.124 e. The summed E-state index contributed by atoms with van der Waals surface area (Å²) in [7, 11) is 1.62. The molecule has 0 saturated heterocycles. The van der Waals surface area contributed by atoms with Gasteiger partial charge in [0.25, 0.3) is 0 Å². The fourth-order valence-corrected chi connectivity index (χ4v) is 2.12. The molecule has 2 rings (SSSR count). The Morgan fingerprint density at radius 2 is 2.11 bits per heavy atom. The minimum atomic E-state index is -0.000495. The molecule has 0 saturated carbocycles. The molecule has 1 aliphatic rings. The molecular weight excluding hydrogens is 224 g/mol. The van der Waals surface area contributed by atoms with Crippen molar-refractivity contribution in [3.05, 3.63) is 47.6 Å². The first-order valence-electron chi connectivity index (χ1n) is 6.23. The van der Waals surface area contributed by atoms with Crippen LogP contribution in [0.2, 0.25) is 0 Å². The summed E-state index contributed by atoms with van der Waals surface area (Å²) in [6.07, 6.45) is 7.69. The third-order valence-electron chi connectivity index (χ3n) is 3.35. The highest BCUT2D eigenvalue weighted by molar-refractivity contribution is 5.76. The third-order valence-corrected chi connectivity index (χ3v) is 3.35. The van der Waals surface area contributed by atoms with Crippen molar-refractivity contribution in [2.45, 2.75) is 26.9 Å². The summed E-state index contributed by atoms with van der Waals surface area (Å²) in [4.78, 5) is 0. The van der Waals surface area contributed by atoms with E-state index in [1.54, 1.807) is 7.11 Å². The molecule has 2 nitrogen and oxygen atoms in total. The maximum absolute atomic E-state index is 9.34. The molecule has 0 radical (unpaired) electrons. The van der Waals surface area contributed by atoms with Gasteiger partial charge in [0.1, 0.15) is 5.75 Å². The average molecular weight is 244 g/mol. The SMILES string of the molecule is COc1ccc(C2=CCC(C)(C)C=C2)cc1CO. The number of ether oxygens (including phenoxy) is 1. The third kappa shape index (κ3) is 2.65. The van der Waals surface area contributed by atoms with Gasteiger partial charge in [-0.3, -0.25) is 0 Å². The molecule has 0 atom stereocenters. The molecule has 0 bridgehead atoms. The lowest BCUT2D eigenvalue weighted by Crippen LogP contribution is -2.08. The molecule has 0 amide bonds. The Bertz CT molecular complexity index is 496. The highest BCUT2D eigenvalue weighted by Gasteiger charge is 2.17. The summed E-state index contributed by atoms with van der Waals surface area (Å²) in [5.74, 6) is 0.738. The zero-order valence-electron chi connectivity index (χ0n) is 11.2. The molecule has 96 valence electrons. The topological polar surface area (TPSA) is 29.5 Å². The standard InChI is InChI=1S/C16H20O2/c1-16(2)8-6-12(7-9-16)13-4-5-15(18-3)14(10-13)11-17/h4-8,10,17H,9,11H2,1-3H3. The quantitative estimate of drug-likeness (QED) is 0.881. The van der Waals surface area contributed by atoms with Crippen LogP contribution in [0.1, 0.15) is 31.4 Å². The minimum Gasteiger partial charge on any atom is -0.496 e. The molecule has 0 spiro atoms. The van der Waals surface area contributed by atoms with E-state index >= 15 is 0 Å². The van der Waals surface area contributed by atoms with E-state index in [4.69, 9.17) is 4.74 Å². The number of aliphatic hydroxyl groups is 1. The van der Waals surface area contributed by atoms with Crippen molar-refractivity contribution in [2.75, 3.05) is 7.11 Å². The summed E-state index contributed by atoms with van der Waals surface area (Å²) in [6.45, 7) is 4.45. The van der Waals surface area contributed by atoms with Crippen LogP contribution in [-0.4, -0.2) is 12.2 Å². The largest absolute Gasteiger partial charge is 0.496 e. The normalized spacial score (nSPS) is 17.4. The Labute approximate surface area is 109 Å². The second-order valence-corrected chi connectivity index (χ2v) is 5.37. The predicted molar refractivity (Wildman–Crippen MR) is 74.4 cm³/mol. The zero-order valence-corrected chi connectivity index (χ0v) is 11.2.